The fourth-order valence-corrected chi connectivity index (χ4v) is 10.00. The van der Waals surface area contributed by atoms with Gasteiger partial charge in [-0.2, -0.15) is 0 Å². The molecule has 5 heterocycles. The van der Waals surface area contributed by atoms with Crippen molar-refractivity contribution in [3.8, 4) is 28.1 Å². The number of nitrogens with one attached hydrogen (secondary N) is 2. The second-order valence-electron chi connectivity index (χ2n) is 19.4. The van der Waals surface area contributed by atoms with Gasteiger partial charge in [-0.3, -0.25) is 29.2 Å². The topological polar surface area (TPSA) is 159 Å². The summed E-state index contributed by atoms with van der Waals surface area (Å²) in [6, 6.07) is 11.1. The van der Waals surface area contributed by atoms with Crippen LogP contribution in [0.25, 0.3) is 33.3 Å². The lowest BCUT2D eigenvalue weighted by atomic mass is 9.84. The Morgan fingerprint density at radius 1 is 1.06 bits per heavy atom. The highest BCUT2D eigenvalue weighted by molar-refractivity contribution is 5.96. The third-order valence-corrected chi connectivity index (χ3v) is 13.3. The maximum Gasteiger partial charge on any atom is 0.324 e. The number of hydrogen-bond acceptors (Lipinski definition) is 10. The highest BCUT2D eigenvalue weighted by atomic mass is 16.5. The van der Waals surface area contributed by atoms with Gasteiger partial charge >= 0.3 is 5.97 Å². The number of methoxy groups -OCH3 is 1. The van der Waals surface area contributed by atoms with Gasteiger partial charge in [0.2, 0.25) is 11.8 Å². The zero-order valence-corrected chi connectivity index (χ0v) is 39.1. The minimum absolute atomic E-state index is 0.0172. The second-order valence-corrected chi connectivity index (χ2v) is 19.4. The molecule has 4 atom stereocenters. The van der Waals surface area contributed by atoms with Crippen LogP contribution in [-0.2, 0) is 54.6 Å². The van der Waals surface area contributed by atoms with Gasteiger partial charge < -0.3 is 34.3 Å². The summed E-state index contributed by atoms with van der Waals surface area (Å²) in [5.74, 6) is -1.90. The Kier molecular flexibility index (Phi) is 14.2. The van der Waals surface area contributed by atoms with Crippen LogP contribution in [0.3, 0.4) is 0 Å². The molecule has 344 valence electrons. The maximum atomic E-state index is 14.7. The second kappa shape index (κ2) is 19.4. The third-order valence-electron chi connectivity index (χ3n) is 13.3. The van der Waals surface area contributed by atoms with Crippen molar-refractivity contribution in [3.63, 3.8) is 0 Å². The Morgan fingerprint density at radius 2 is 1.84 bits per heavy atom. The molecule has 0 unspecified atom stereocenters. The summed E-state index contributed by atoms with van der Waals surface area (Å²) < 4.78 is 14.0. The number of amides is 3. The summed E-state index contributed by atoms with van der Waals surface area (Å²) in [4.78, 5) is 65.4. The Labute approximate surface area is 377 Å². The van der Waals surface area contributed by atoms with Crippen LogP contribution in [0.15, 0.2) is 54.9 Å². The van der Waals surface area contributed by atoms with E-state index in [0.717, 1.165) is 57.4 Å². The molecule has 3 aliphatic heterocycles. The predicted molar refractivity (Wildman–Crippen MR) is 247 cm³/mol. The number of hydrazine groups is 1. The number of aromatic hydroxyl groups is 1. The van der Waals surface area contributed by atoms with E-state index < -0.39 is 41.3 Å². The number of nitrogens with zero attached hydrogens (tertiary/aromatic N) is 5. The van der Waals surface area contributed by atoms with Crippen LogP contribution < -0.4 is 10.7 Å². The summed E-state index contributed by atoms with van der Waals surface area (Å²) in [6.07, 6.45) is 5.98. The molecule has 0 spiro atoms. The van der Waals surface area contributed by atoms with Gasteiger partial charge in [-0.05, 0) is 117 Å². The molecule has 0 radical (unpaired) electrons. The lowest BCUT2D eigenvalue weighted by Gasteiger charge is -2.37. The smallest absolute Gasteiger partial charge is 0.324 e. The van der Waals surface area contributed by atoms with Gasteiger partial charge in [0.15, 0.2) is 0 Å². The lowest BCUT2D eigenvalue weighted by Crippen LogP contribution is -2.62. The zero-order chi connectivity index (χ0) is 46.0. The van der Waals surface area contributed by atoms with Crippen molar-refractivity contribution in [1.82, 2.24) is 35.1 Å². The van der Waals surface area contributed by atoms with Gasteiger partial charge in [0.25, 0.3) is 5.91 Å². The zero-order valence-electron chi connectivity index (χ0n) is 39.1. The predicted octanol–water partition coefficient (Wildman–Crippen LogP) is 6.10. The summed E-state index contributed by atoms with van der Waals surface area (Å²) in [7, 11) is 3.36. The van der Waals surface area contributed by atoms with Crippen molar-refractivity contribution in [2.24, 2.45) is 17.3 Å². The van der Waals surface area contributed by atoms with E-state index in [9.17, 15) is 24.3 Å². The van der Waals surface area contributed by atoms with E-state index in [1.54, 1.807) is 37.4 Å². The number of likely N-dealkylation sites (tertiary alicyclic amines) is 1. The van der Waals surface area contributed by atoms with Gasteiger partial charge in [0.05, 0.1) is 24.8 Å². The molecule has 14 nitrogen and oxygen atoms in total. The summed E-state index contributed by atoms with van der Waals surface area (Å²) in [5, 5.41) is 16.8. The van der Waals surface area contributed by atoms with Crippen molar-refractivity contribution in [2.45, 2.75) is 118 Å². The summed E-state index contributed by atoms with van der Waals surface area (Å²) in [5.41, 5.74) is 9.95. The molecule has 0 saturated carbocycles. The molecule has 2 fully saturated rings. The van der Waals surface area contributed by atoms with Crippen molar-refractivity contribution < 1.29 is 33.8 Å². The number of likely N-dealkylation sites (N-methyl/N-ethyl adjacent to an activating group) is 1. The Balaban J connectivity index is 1.31. The first kappa shape index (κ1) is 46.7. The van der Waals surface area contributed by atoms with Crippen LogP contribution in [-0.4, -0.2) is 118 Å². The Morgan fingerprint density at radius 3 is 2.55 bits per heavy atom. The fraction of sp³-hybridized carbons (Fsp3) is 0.540. The number of rotatable bonds is 10. The lowest BCUT2D eigenvalue weighted by molar-refractivity contribution is -0.155. The van der Waals surface area contributed by atoms with Crippen LogP contribution in [0.2, 0.25) is 0 Å². The van der Waals surface area contributed by atoms with E-state index in [-0.39, 0.29) is 36.5 Å². The Hall–Kier alpha value is -5.31. The van der Waals surface area contributed by atoms with Crippen LogP contribution >= 0.6 is 0 Å². The van der Waals surface area contributed by atoms with E-state index >= 15 is 0 Å². The van der Waals surface area contributed by atoms with Crippen molar-refractivity contribution in [2.75, 3.05) is 40.4 Å². The number of phenols is 1. The average Bonchev–Trinajstić information content (AvgIpc) is 3.88. The number of benzene rings is 2. The van der Waals surface area contributed by atoms with Gasteiger partial charge in [-0.1, -0.05) is 39.8 Å². The van der Waals surface area contributed by atoms with E-state index in [1.807, 2.05) is 38.2 Å². The normalized spacial score (nSPS) is 21.2. The van der Waals surface area contributed by atoms with E-state index in [0.29, 0.717) is 57.1 Å². The number of pyridine rings is 1. The van der Waals surface area contributed by atoms with Crippen LogP contribution in [0, 0.1) is 17.3 Å². The molecule has 14 heteroatoms. The molecule has 3 aliphatic rings. The number of aryl methyl sites for hydroxylation is 1. The van der Waals surface area contributed by atoms with Gasteiger partial charge in [-0.15, -0.1) is 0 Å². The molecule has 6 bridgehead atoms. The average molecular weight is 878 g/mol. The number of carbonyl (C=O) groups excluding carboxylic acids is 4. The highest BCUT2D eigenvalue weighted by Crippen LogP contribution is 2.41. The summed E-state index contributed by atoms with van der Waals surface area (Å²) in [6.45, 7) is 17.3. The van der Waals surface area contributed by atoms with Crippen molar-refractivity contribution in [3.05, 3.63) is 71.5 Å². The van der Waals surface area contributed by atoms with Crippen molar-refractivity contribution >= 4 is 34.6 Å². The standard InChI is InChI=1S/C50H67N7O7/c1-10-56-43-14-13-33-24-38(43)39(45(56)40-26-51-17-15-35(40)28-63-9)25-50(6,7)29-64-49(62)41-12-11-18-57(53-41)48(61)42(22-32-20-36(33)23-37(58)21-32)52-46(59)44(30(2)3)54(8)47(60)34-16-19-55(27-34)31(4)5/h13-15,17,20-21,23-24,26,30-31,34,41-42,44,53,58H,10-12,16,18-19,22,25,27-29H2,1-9H3,(H,52,59)/t34-,41-,42-,44-/m0/s1. The molecule has 3 N–H and O–H groups in total. The maximum absolute atomic E-state index is 14.7. The largest absolute Gasteiger partial charge is 0.508 e. The molecule has 4 aromatic rings. The first-order valence-corrected chi connectivity index (χ1v) is 23.0. The molecule has 64 heavy (non-hydrogen) atoms. The quantitative estimate of drug-likeness (QED) is 0.159. The molecule has 2 saturated heterocycles. The fourth-order valence-electron chi connectivity index (χ4n) is 10.00. The van der Waals surface area contributed by atoms with Gasteiger partial charge in [0, 0.05) is 80.5 Å². The molecule has 0 aliphatic carbocycles. The number of ether oxygens (including phenoxy) is 2. The minimum atomic E-state index is -1.11. The number of aromatic nitrogens is 2. The van der Waals surface area contributed by atoms with E-state index in [2.05, 4.69) is 71.9 Å². The number of phenolic OH excluding ortho intramolecular Hbond substituents is 1. The van der Waals surface area contributed by atoms with E-state index in [4.69, 9.17) is 9.47 Å². The van der Waals surface area contributed by atoms with Crippen LogP contribution in [0.4, 0.5) is 0 Å². The number of cyclic esters (lactones) is 1. The third kappa shape index (κ3) is 9.84. The van der Waals surface area contributed by atoms with E-state index in [1.165, 1.54) is 5.01 Å². The number of esters is 1. The first-order valence-electron chi connectivity index (χ1n) is 23.0. The first-order chi connectivity index (χ1) is 30.5. The SMILES string of the molecule is CCn1c(-c2cnccc2COC)c2c3cc(ccc31)-c1cc(O)cc(c1)C[C@H](NC(=O)[C@H](C(C)C)N(C)C(=O)[C@H]1CCN(C(C)C)C1)C(=O)N1CCC[C@H](N1)C(=O)OCC(C)(C)C2. The monoisotopic (exact) mass is 878 g/mol. The summed E-state index contributed by atoms with van der Waals surface area (Å²) >= 11 is 0. The molecular weight excluding hydrogens is 811 g/mol. The minimum Gasteiger partial charge on any atom is -0.508 e. The number of fused-ring (bicyclic) bond motifs is 6. The molecular formula is C50H67N7O7. The molecule has 2 aromatic heterocycles. The van der Waals surface area contributed by atoms with Gasteiger partial charge in [0.1, 0.15) is 23.9 Å². The van der Waals surface area contributed by atoms with Gasteiger partial charge in [-0.25, -0.2) is 5.43 Å². The number of carbonyl (C=O) groups is 4. The van der Waals surface area contributed by atoms with Crippen LogP contribution in [0.5, 0.6) is 5.75 Å². The molecule has 7 rings (SSSR count). The highest BCUT2D eigenvalue weighted by Gasteiger charge is 2.40. The van der Waals surface area contributed by atoms with Crippen LogP contribution in [0.1, 0.15) is 84.4 Å². The van der Waals surface area contributed by atoms with Crippen molar-refractivity contribution in [1.29, 1.82) is 0 Å². The number of hydrogen-bond donors (Lipinski definition) is 3. The molecule has 2 aromatic carbocycles. The molecule has 3 amide bonds. The Bertz CT molecular complexity index is 2370.